The number of piperidine rings is 1. The second kappa shape index (κ2) is 10.7. The minimum atomic E-state index is -1.12. The standard InChI is InChI=1S/C26H26N4O7/c1-15(2)21(28-22(32)16-6-5-11-27-14-16)26(36)37-13-12-29-20(31)10-9-19(25(29)35)30-23(33)17-7-3-4-8-18(17)24(30)34/h3-8,11,14-15,19,21H,9-10,12-13H2,1-2H3,(H,28,32)/t19-,21?/m0/s1. The molecule has 0 spiro atoms. The highest BCUT2D eigenvalue weighted by atomic mass is 16.5. The summed E-state index contributed by atoms with van der Waals surface area (Å²) >= 11 is 0. The van der Waals surface area contributed by atoms with Gasteiger partial charge in [0.15, 0.2) is 0 Å². The number of esters is 1. The number of aromatic nitrogens is 1. The Morgan fingerprint density at radius 3 is 2.32 bits per heavy atom. The van der Waals surface area contributed by atoms with Crippen LogP contribution in [0.4, 0.5) is 0 Å². The van der Waals surface area contributed by atoms with Crippen molar-refractivity contribution in [1.82, 2.24) is 20.1 Å². The highest BCUT2D eigenvalue weighted by Crippen LogP contribution is 2.29. The van der Waals surface area contributed by atoms with E-state index in [9.17, 15) is 28.8 Å². The molecule has 192 valence electrons. The molecule has 37 heavy (non-hydrogen) atoms. The number of carbonyl (C=O) groups excluding carboxylic acids is 6. The third-order valence-electron chi connectivity index (χ3n) is 6.31. The monoisotopic (exact) mass is 506 g/mol. The van der Waals surface area contributed by atoms with E-state index in [2.05, 4.69) is 10.3 Å². The second-order valence-electron chi connectivity index (χ2n) is 9.07. The quantitative estimate of drug-likeness (QED) is 0.416. The van der Waals surface area contributed by atoms with Crippen molar-refractivity contribution in [1.29, 1.82) is 0 Å². The van der Waals surface area contributed by atoms with Gasteiger partial charge in [0, 0.05) is 18.8 Å². The van der Waals surface area contributed by atoms with E-state index >= 15 is 0 Å². The Hall–Kier alpha value is -4.41. The minimum Gasteiger partial charge on any atom is -0.462 e. The number of ether oxygens (including phenoxy) is 1. The third kappa shape index (κ3) is 5.11. The van der Waals surface area contributed by atoms with Crippen molar-refractivity contribution in [3.63, 3.8) is 0 Å². The van der Waals surface area contributed by atoms with Gasteiger partial charge >= 0.3 is 5.97 Å². The van der Waals surface area contributed by atoms with Crippen LogP contribution in [0.25, 0.3) is 0 Å². The summed E-state index contributed by atoms with van der Waals surface area (Å²) in [6.07, 6.45) is 2.87. The number of fused-ring (bicyclic) bond motifs is 1. The molecule has 2 aliphatic heterocycles. The first-order chi connectivity index (χ1) is 17.7. The molecule has 4 rings (SSSR count). The molecule has 2 atom stereocenters. The first kappa shape index (κ1) is 25.7. The smallest absolute Gasteiger partial charge is 0.328 e. The molecule has 1 N–H and O–H groups in total. The van der Waals surface area contributed by atoms with Crippen LogP contribution in [0.3, 0.4) is 0 Å². The van der Waals surface area contributed by atoms with Crippen LogP contribution in [0.5, 0.6) is 0 Å². The van der Waals surface area contributed by atoms with E-state index in [1.54, 1.807) is 38.1 Å². The Bertz CT molecular complexity index is 1230. The molecule has 5 amide bonds. The summed E-state index contributed by atoms with van der Waals surface area (Å²) in [5.41, 5.74) is 0.709. The Morgan fingerprint density at radius 2 is 1.73 bits per heavy atom. The van der Waals surface area contributed by atoms with E-state index in [1.165, 1.54) is 24.5 Å². The number of nitrogens with zero attached hydrogens (tertiary/aromatic N) is 3. The number of nitrogens with one attached hydrogen (secondary N) is 1. The molecule has 11 heteroatoms. The molecule has 0 saturated carbocycles. The number of benzene rings is 1. The lowest BCUT2D eigenvalue weighted by Gasteiger charge is -2.34. The van der Waals surface area contributed by atoms with Gasteiger partial charge in [0.2, 0.25) is 5.91 Å². The maximum Gasteiger partial charge on any atom is 0.328 e. The fraction of sp³-hybridized carbons (Fsp3) is 0.346. The van der Waals surface area contributed by atoms with Gasteiger partial charge in [0.05, 0.1) is 23.2 Å². The average Bonchev–Trinajstić information content (AvgIpc) is 3.14. The molecule has 0 bridgehead atoms. The Kier molecular flexibility index (Phi) is 7.42. The Labute approximate surface area is 212 Å². The summed E-state index contributed by atoms with van der Waals surface area (Å²) in [4.78, 5) is 82.1. The lowest BCUT2D eigenvalue weighted by Crippen LogP contribution is -2.56. The molecule has 1 unspecified atom stereocenters. The van der Waals surface area contributed by atoms with Crippen molar-refractivity contribution >= 4 is 35.5 Å². The van der Waals surface area contributed by atoms with Crippen LogP contribution >= 0.6 is 0 Å². The fourth-order valence-corrected chi connectivity index (χ4v) is 4.33. The molecule has 1 aromatic heterocycles. The van der Waals surface area contributed by atoms with Crippen molar-refractivity contribution in [3.05, 3.63) is 65.5 Å². The number of imide groups is 2. The normalized spacial score (nSPS) is 18.2. The second-order valence-corrected chi connectivity index (χ2v) is 9.07. The summed E-state index contributed by atoms with van der Waals surface area (Å²) in [5, 5.41) is 2.62. The van der Waals surface area contributed by atoms with E-state index in [4.69, 9.17) is 4.74 Å². The summed E-state index contributed by atoms with van der Waals surface area (Å²) in [6.45, 7) is 2.92. The van der Waals surface area contributed by atoms with Crippen LogP contribution in [0.1, 0.15) is 57.8 Å². The lowest BCUT2D eigenvalue weighted by molar-refractivity contribution is -0.156. The van der Waals surface area contributed by atoms with Gasteiger partial charge in [-0.2, -0.15) is 0 Å². The van der Waals surface area contributed by atoms with E-state index in [0.717, 1.165) is 9.80 Å². The summed E-state index contributed by atoms with van der Waals surface area (Å²) < 4.78 is 5.29. The van der Waals surface area contributed by atoms with Gasteiger partial charge in [-0.15, -0.1) is 0 Å². The van der Waals surface area contributed by atoms with E-state index in [0.29, 0.717) is 0 Å². The van der Waals surface area contributed by atoms with Gasteiger partial charge in [-0.1, -0.05) is 26.0 Å². The molecule has 1 saturated heterocycles. The molecule has 2 aromatic rings. The van der Waals surface area contributed by atoms with Crippen molar-refractivity contribution in [2.45, 2.75) is 38.8 Å². The van der Waals surface area contributed by atoms with Crippen LogP contribution in [-0.2, 0) is 19.1 Å². The number of hydrogen-bond donors (Lipinski definition) is 1. The molecule has 3 heterocycles. The van der Waals surface area contributed by atoms with Crippen molar-refractivity contribution < 1.29 is 33.5 Å². The summed E-state index contributed by atoms with van der Waals surface area (Å²) in [7, 11) is 0. The third-order valence-corrected chi connectivity index (χ3v) is 6.31. The predicted octanol–water partition coefficient (Wildman–Crippen LogP) is 1.19. The Morgan fingerprint density at radius 1 is 1.05 bits per heavy atom. The topological polar surface area (TPSA) is 143 Å². The number of rotatable bonds is 8. The minimum absolute atomic E-state index is 0.0230. The average molecular weight is 507 g/mol. The van der Waals surface area contributed by atoms with E-state index in [-0.39, 0.29) is 48.6 Å². The number of likely N-dealkylation sites (tertiary alicyclic amines) is 1. The first-order valence-corrected chi connectivity index (χ1v) is 11.9. The van der Waals surface area contributed by atoms with Crippen LogP contribution < -0.4 is 5.32 Å². The van der Waals surface area contributed by atoms with Crippen LogP contribution in [0.15, 0.2) is 48.8 Å². The maximum atomic E-state index is 13.1. The van der Waals surface area contributed by atoms with Crippen LogP contribution in [0, 0.1) is 5.92 Å². The van der Waals surface area contributed by atoms with Crippen molar-refractivity contribution in [3.8, 4) is 0 Å². The van der Waals surface area contributed by atoms with E-state index in [1.807, 2.05) is 0 Å². The SMILES string of the molecule is CC(C)C(NC(=O)c1cccnc1)C(=O)OCCN1C(=O)CC[C@H](N2C(=O)c3ccccc3C2=O)C1=O. The Balaban J connectivity index is 1.37. The molecular weight excluding hydrogens is 480 g/mol. The number of hydrogen-bond acceptors (Lipinski definition) is 8. The highest BCUT2D eigenvalue weighted by Gasteiger charge is 2.46. The maximum absolute atomic E-state index is 13.1. The largest absolute Gasteiger partial charge is 0.462 e. The van der Waals surface area contributed by atoms with Crippen LogP contribution in [0.2, 0.25) is 0 Å². The number of carbonyl (C=O) groups is 6. The molecule has 1 aromatic carbocycles. The fourth-order valence-electron chi connectivity index (χ4n) is 4.33. The predicted molar refractivity (Wildman–Crippen MR) is 128 cm³/mol. The molecule has 2 aliphatic rings. The van der Waals surface area contributed by atoms with Crippen LogP contribution in [-0.4, -0.2) is 75.5 Å². The van der Waals surface area contributed by atoms with Gasteiger partial charge in [0.1, 0.15) is 18.7 Å². The number of pyridine rings is 1. The molecular formula is C26H26N4O7. The van der Waals surface area contributed by atoms with Gasteiger partial charge in [-0.25, -0.2) is 4.79 Å². The van der Waals surface area contributed by atoms with Crippen molar-refractivity contribution in [2.24, 2.45) is 5.92 Å². The summed E-state index contributed by atoms with van der Waals surface area (Å²) in [6, 6.07) is 7.36. The van der Waals surface area contributed by atoms with Crippen molar-refractivity contribution in [2.75, 3.05) is 13.2 Å². The summed E-state index contributed by atoms with van der Waals surface area (Å²) in [5.74, 6) is -3.86. The zero-order chi connectivity index (χ0) is 26.7. The van der Waals surface area contributed by atoms with Gasteiger partial charge in [-0.05, 0) is 36.6 Å². The zero-order valence-corrected chi connectivity index (χ0v) is 20.4. The van der Waals surface area contributed by atoms with Gasteiger partial charge in [0.25, 0.3) is 23.6 Å². The molecule has 0 radical (unpaired) electrons. The molecule has 11 nitrogen and oxygen atoms in total. The van der Waals surface area contributed by atoms with Gasteiger partial charge < -0.3 is 10.1 Å². The van der Waals surface area contributed by atoms with E-state index < -0.39 is 47.6 Å². The molecule has 1 fully saturated rings. The molecule has 0 aliphatic carbocycles. The van der Waals surface area contributed by atoms with Gasteiger partial charge in [-0.3, -0.25) is 38.8 Å². The first-order valence-electron chi connectivity index (χ1n) is 11.9. The number of amides is 5. The zero-order valence-electron chi connectivity index (χ0n) is 20.4. The highest BCUT2D eigenvalue weighted by molar-refractivity contribution is 6.23. The lowest BCUT2D eigenvalue weighted by atomic mass is 10.0.